The summed E-state index contributed by atoms with van der Waals surface area (Å²) in [5.41, 5.74) is 15.6. The van der Waals surface area contributed by atoms with E-state index in [0.29, 0.717) is 0 Å². The van der Waals surface area contributed by atoms with Crippen molar-refractivity contribution in [2.75, 3.05) is 0 Å². The Labute approximate surface area is 344 Å². The van der Waals surface area contributed by atoms with Crippen LogP contribution in [0.15, 0.2) is 206 Å². The summed E-state index contributed by atoms with van der Waals surface area (Å²) in [4.78, 5) is 0. The summed E-state index contributed by atoms with van der Waals surface area (Å²) in [7, 11) is 0. The van der Waals surface area contributed by atoms with Crippen molar-refractivity contribution in [3.05, 3.63) is 217 Å². The molecule has 0 radical (unpaired) electrons. The first kappa shape index (κ1) is 33.8. The molecule has 11 aromatic rings. The molecule has 0 N–H and O–H groups in total. The molecule has 0 saturated carbocycles. The second-order valence-corrected chi connectivity index (χ2v) is 16.7. The zero-order chi connectivity index (χ0) is 39.2. The molecule has 0 heteroatoms. The molecule has 0 fully saturated rings. The summed E-state index contributed by atoms with van der Waals surface area (Å²) in [6.07, 6.45) is 0. The molecule has 11 aromatic carbocycles. The van der Waals surface area contributed by atoms with Crippen LogP contribution in [0.25, 0.3) is 109 Å². The molecule has 276 valence electrons. The van der Waals surface area contributed by atoms with Crippen LogP contribution in [0.1, 0.15) is 25.0 Å². The smallest absolute Gasteiger partial charge is 0.0159 e. The van der Waals surface area contributed by atoms with Crippen molar-refractivity contribution in [3.8, 4) is 55.6 Å². The van der Waals surface area contributed by atoms with Crippen molar-refractivity contribution in [3.63, 3.8) is 0 Å². The minimum absolute atomic E-state index is 0.0767. The van der Waals surface area contributed by atoms with Gasteiger partial charge in [-0.05, 0) is 127 Å². The third-order valence-electron chi connectivity index (χ3n) is 13.3. The van der Waals surface area contributed by atoms with E-state index < -0.39 is 0 Å². The van der Waals surface area contributed by atoms with Crippen molar-refractivity contribution in [2.45, 2.75) is 19.3 Å². The largest absolute Gasteiger partial charge is 0.0622 e. The van der Waals surface area contributed by atoms with E-state index in [1.54, 1.807) is 0 Å². The molecular weight excluding hydrogens is 709 g/mol. The highest BCUT2D eigenvalue weighted by atomic mass is 14.4. The quantitative estimate of drug-likeness (QED) is 0.157. The van der Waals surface area contributed by atoms with Gasteiger partial charge in [0.2, 0.25) is 0 Å². The van der Waals surface area contributed by atoms with Gasteiger partial charge in [-0.3, -0.25) is 0 Å². The van der Waals surface area contributed by atoms with Crippen LogP contribution < -0.4 is 0 Å². The molecule has 0 saturated heterocycles. The highest BCUT2D eigenvalue weighted by Crippen LogP contribution is 2.52. The minimum Gasteiger partial charge on any atom is -0.0622 e. The molecule has 0 bridgehead atoms. The van der Waals surface area contributed by atoms with Gasteiger partial charge in [-0.15, -0.1) is 0 Å². The highest BCUT2D eigenvalue weighted by Gasteiger charge is 2.35. The number of benzene rings is 11. The molecule has 0 unspecified atom stereocenters. The van der Waals surface area contributed by atoms with Gasteiger partial charge in [-0.2, -0.15) is 0 Å². The first-order valence-electron chi connectivity index (χ1n) is 20.8. The molecule has 0 aromatic heterocycles. The fourth-order valence-electron chi connectivity index (χ4n) is 10.7. The maximum atomic E-state index is 2.48. The average molecular weight is 749 g/mol. The van der Waals surface area contributed by atoms with Gasteiger partial charge >= 0.3 is 0 Å². The predicted octanol–water partition coefficient (Wildman–Crippen LogP) is 16.4. The summed E-state index contributed by atoms with van der Waals surface area (Å²) >= 11 is 0. The van der Waals surface area contributed by atoms with Crippen molar-refractivity contribution in [2.24, 2.45) is 0 Å². The lowest BCUT2D eigenvalue weighted by molar-refractivity contribution is 0.660. The Hall–Kier alpha value is -7.28. The Bertz CT molecular complexity index is 3400. The van der Waals surface area contributed by atoms with Crippen LogP contribution in [0.2, 0.25) is 0 Å². The Kier molecular flexibility index (Phi) is 7.38. The molecule has 0 atom stereocenters. The molecule has 1 aliphatic carbocycles. The molecular formula is C59H40. The molecule has 0 heterocycles. The number of rotatable bonds is 4. The van der Waals surface area contributed by atoms with Crippen molar-refractivity contribution < 1.29 is 0 Å². The third kappa shape index (κ3) is 4.90. The van der Waals surface area contributed by atoms with E-state index in [-0.39, 0.29) is 5.41 Å². The van der Waals surface area contributed by atoms with E-state index in [9.17, 15) is 0 Å². The molecule has 59 heavy (non-hydrogen) atoms. The van der Waals surface area contributed by atoms with Crippen molar-refractivity contribution in [1.82, 2.24) is 0 Å². The van der Waals surface area contributed by atoms with Gasteiger partial charge in [0.05, 0.1) is 0 Å². The Morgan fingerprint density at radius 3 is 1.05 bits per heavy atom. The van der Waals surface area contributed by atoms with Crippen LogP contribution in [0, 0.1) is 0 Å². The highest BCUT2D eigenvalue weighted by molar-refractivity contribution is 6.27. The fourth-order valence-corrected chi connectivity index (χ4v) is 10.7. The molecule has 12 rings (SSSR count). The third-order valence-corrected chi connectivity index (χ3v) is 13.3. The normalized spacial score (nSPS) is 13.1. The van der Waals surface area contributed by atoms with E-state index >= 15 is 0 Å². The maximum absolute atomic E-state index is 2.48. The Morgan fingerprint density at radius 1 is 0.237 bits per heavy atom. The lowest BCUT2D eigenvalue weighted by atomic mass is 9.80. The van der Waals surface area contributed by atoms with Gasteiger partial charge in [-0.1, -0.05) is 214 Å². The van der Waals surface area contributed by atoms with E-state index in [1.165, 1.54) is 121 Å². The Balaban J connectivity index is 1.12. The first-order valence-corrected chi connectivity index (χ1v) is 20.8. The van der Waals surface area contributed by atoms with E-state index in [0.717, 1.165) is 0 Å². The molecule has 0 aliphatic heterocycles. The Morgan fingerprint density at radius 2 is 0.576 bits per heavy atom. The van der Waals surface area contributed by atoms with Gasteiger partial charge < -0.3 is 0 Å². The molecule has 1 aliphatic rings. The molecule has 0 spiro atoms. The first-order chi connectivity index (χ1) is 29.1. The van der Waals surface area contributed by atoms with Gasteiger partial charge in [0.1, 0.15) is 0 Å². The van der Waals surface area contributed by atoms with Gasteiger partial charge in [0.15, 0.2) is 0 Å². The lowest BCUT2D eigenvalue weighted by Gasteiger charge is -2.23. The van der Waals surface area contributed by atoms with Crippen LogP contribution in [0.5, 0.6) is 0 Å². The fraction of sp³-hybridized carbons (Fsp3) is 0.0508. The van der Waals surface area contributed by atoms with Crippen LogP contribution >= 0.6 is 0 Å². The average Bonchev–Trinajstić information content (AvgIpc) is 3.52. The molecule has 0 amide bonds. The number of fused-ring (bicyclic) bond motifs is 8. The van der Waals surface area contributed by atoms with Crippen LogP contribution in [0.3, 0.4) is 0 Å². The second-order valence-electron chi connectivity index (χ2n) is 16.7. The topological polar surface area (TPSA) is 0 Å². The lowest BCUT2D eigenvalue weighted by Crippen LogP contribution is -2.14. The van der Waals surface area contributed by atoms with Gasteiger partial charge in [-0.25, -0.2) is 0 Å². The minimum atomic E-state index is -0.0767. The van der Waals surface area contributed by atoms with E-state index in [1.807, 2.05) is 0 Å². The standard InChI is InChI=1S/C59H40/c1-59(2)53-31-17-16-22-41(53)42-33-32-38(36-54(42)59)56-45-25-10-14-29-49(45)58(50-30-15-11-26-46(50)56)52-35-34-51(39-20-6-7-21-40(39)52)57-47-27-12-8-23-43(47)55(37-18-4-3-5-19-37)44-24-9-13-28-48(44)57/h3-36H,1-2H3. The maximum Gasteiger partial charge on any atom is 0.0159 e. The summed E-state index contributed by atoms with van der Waals surface area (Å²) in [5.74, 6) is 0. The zero-order valence-electron chi connectivity index (χ0n) is 33.1. The van der Waals surface area contributed by atoms with Crippen LogP contribution in [-0.2, 0) is 5.41 Å². The summed E-state index contributed by atoms with van der Waals surface area (Å²) in [6.45, 7) is 4.75. The monoisotopic (exact) mass is 748 g/mol. The van der Waals surface area contributed by atoms with Crippen LogP contribution in [-0.4, -0.2) is 0 Å². The van der Waals surface area contributed by atoms with Crippen molar-refractivity contribution >= 4 is 53.9 Å². The van der Waals surface area contributed by atoms with Crippen LogP contribution in [0.4, 0.5) is 0 Å². The SMILES string of the molecule is CC1(C)c2ccccc2-c2ccc(-c3c4ccccc4c(-c4ccc(-c5c6ccccc6c(-c6ccccc6)c6ccccc56)c5ccccc45)c4ccccc34)cc21. The summed E-state index contributed by atoms with van der Waals surface area (Å²) < 4.78 is 0. The second kappa shape index (κ2) is 12.9. The zero-order valence-corrected chi connectivity index (χ0v) is 33.1. The van der Waals surface area contributed by atoms with Gasteiger partial charge in [0, 0.05) is 5.41 Å². The van der Waals surface area contributed by atoms with Crippen molar-refractivity contribution in [1.29, 1.82) is 0 Å². The predicted molar refractivity (Wildman–Crippen MR) is 253 cm³/mol. The van der Waals surface area contributed by atoms with Gasteiger partial charge in [0.25, 0.3) is 0 Å². The summed E-state index contributed by atoms with van der Waals surface area (Å²) in [5, 5.41) is 12.7. The number of hydrogen-bond acceptors (Lipinski definition) is 0. The summed E-state index contributed by atoms with van der Waals surface area (Å²) in [6, 6.07) is 76.9. The number of hydrogen-bond donors (Lipinski definition) is 0. The molecule has 0 nitrogen and oxygen atoms in total. The van der Waals surface area contributed by atoms with E-state index in [4.69, 9.17) is 0 Å². The van der Waals surface area contributed by atoms with E-state index in [2.05, 4.69) is 220 Å².